The molecular formula is C49H64N7O7PSi. The summed E-state index contributed by atoms with van der Waals surface area (Å²) in [6, 6.07) is 28.3. The summed E-state index contributed by atoms with van der Waals surface area (Å²) < 4.78 is 43.4. The van der Waals surface area contributed by atoms with Crippen LogP contribution in [-0.4, -0.2) is 89.9 Å². The van der Waals surface area contributed by atoms with E-state index in [1.807, 2.05) is 91.2 Å². The van der Waals surface area contributed by atoms with Crippen LogP contribution >= 0.6 is 8.53 Å². The third-order valence-electron chi connectivity index (χ3n) is 11.0. The normalized spacial score (nSPS) is 17.4. The Kier molecular flexibility index (Phi) is 16.7. The number of fused-ring (bicyclic) bond motifs is 1. The van der Waals surface area contributed by atoms with E-state index in [1.165, 1.54) is 0 Å². The highest BCUT2D eigenvalue weighted by atomic mass is 31.2. The number of rotatable bonds is 21. The summed E-state index contributed by atoms with van der Waals surface area (Å²) in [4.78, 5) is 27.5. The Morgan fingerprint density at radius 1 is 0.938 bits per heavy atom. The lowest BCUT2D eigenvalue weighted by Gasteiger charge is -2.39. The van der Waals surface area contributed by atoms with Gasteiger partial charge in [-0.15, -0.1) is 0 Å². The molecule has 3 aromatic carbocycles. The first kappa shape index (κ1) is 49.4. The Balaban J connectivity index is 1.48. The number of amides is 1. The summed E-state index contributed by atoms with van der Waals surface area (Å²) in [6.45, 7) is 19.1. The highest BCUT2D eigenvalue weighted by Gasteiger charge is 2.45. The zero-order valence-electron chi connectivity index (χ0n) is 39.5. The lowest BCUT2D eigenvalue weighted by atomic mass is 9.80. The molecule has 0 bridgehead atoms. The van der Waals surface area contributed by atoms with Gasteiger partial charge in [-0.05, 0) is 74.7 Å². The molecule has 1 aliphatic rings. The van der Waals surface area contributed by atoms with Crippen molar-refractivity contribution in [1.82, 2.24) is 24.2 Å². The van der Waals surface area contributed by atoms with Crippen molar-refractivity contribution in [3.8, 4) is 17.6 Å². The number of hydrogen-bond donors (Lipinski definition) is 1. The van der Waals surface area contributed by atoms with Gasteiger partial charge in [-0.3, -0.25) is 14.7 Å². The van der Waals surface area contributed by atoms with Crippen LogP contribution in [0.25, 0.3) is 17.2 Å². The van der Waals surface area contributed by atoms with E-state index < -0.39 is 40.6 Å². The van der Waals surface area contributed by atoms with Gasteiger partial charge < -0.3 is 28.0 Å². The minimum absolute atomic E-state index is 0.0725. The van der Waals surface area contributed by atoms with Crippen molar-refractivity contribution in [3.63, 3.8) is 0 Å². The van der Waals surface area contributed by atoms with Gasteiger partial charge in [0.15, 0.2) is 5.65 Å². The molecule has 1 N–H and O–H groups in total. The first-order valence-electron chi connectivity index (χ1n) is 22.2. The molecule has 1 aliphatic heterocycles. The van der Waals surface area contributed by atoms with Crippen LogP contribution in [0.3, 0.4) is 0 Å². The maximum Gasteiger partial charge on any atom is 0.259 e. The topological polar surface area (TPSA) is 155 Å². The van der Waals surface area contributed by atoms with Crippen LogP contribution in [0.2, 0.25) is 19.6 Å². The third-order valence-corrected chi connectivity index (χ3v) is 14.3. The average Bonchev–Trinajstić information content (AvgIpc) is 3.89. The van der Waals surface area contributed by atoms with Crippen LogP contribution in [-0.2, 0) is 28.9 Å². The minimum Gasteiger partial charge on any atom is -0.497 e. The SMILES string of the molecule is COc1ccc(C(OC[C@H]2O[C@@H](n3cnc4c(/C=C/[Si](C)(C)C)nc(NC(=O)C(C)C)nc43)C[C@@H]2OP(OCCC#N)N(C(C)C)C(C)C)(c2ccccc2)c2ccc(OC)cc2)cc1. The molecule has 14 nitrogen and oxygen atoms in total. The van der Waals surface area contributed by atoms with Gasteiger partial charge >= 0.3 is 0 Å². The predicted octanol–water partition coefficient (Wildman–Crippen LogP) is 10.3. The van der Waals surface area contributed by atoms with Crippen LogP contribution in [0.15, 0.2) is 90.9 Å². The highest BCUT2D eigenvalue weighted by Crippen LogP contribution is 2.51. The largest absolute Gasteiger partial charge is 0.497 e. The van der Waals surface area contributed by atoms with Gasteiger partial charge in [0.2, 0.25) is 11.9 Å². The number of carbonyl (C=O) groups excluding carboxylic acids is 1. The van der Waals surface area contributed by atoms with Crippen LogP contribution < -0.4 is 14.8 Å². The molecule has 0 aliphatic carbocycles. The Hall–Kier alpha value is -5.04. The number of methoxy groups -OCH3 is 2. The van der Waals surface area contributed by atoms with Gasteiger partial charge in [-0.2, -0.15) is 10.2 Å². The van der Waals surface area contributed by atoms with Crippen LogP contribution in [0.5, 0.6) is 11.5 Å². The number of hydrogen-bond acceptors (Lipinski definition) is 12. The number of ether oxygens (including phenoxy) is 4. The maximum absolute atomic E-state index is 13.0. The predicted molar refractivity (Wildman–Crippen MR) is 258 cm³/mol. The Morgan fingerprint density at radius 3 is 2.08 bits per heavy atom. The van der Waals surface area contributed by atoms with Gasteiger partial charge in [0.1, 0.15) is 34.9 Å². The fraction of sp³-hybridized carbons (Fsp3) is 0.449. The summed E-state index contributed by atoms with van der Waals surface area (Å²) in [5.74, 6) is 1.14. The molecule has 1 unspecified atom stereocenters. The molecule has 1 saturated heterocycles. The summed E-state index contributed by atoms with van der Waals surface area (Å²) in [6.07, 6.45) is 2.48. The molecule has 0 saturated carbocycles. The third kappa shape index (κ3) is 11.9. The second-order valence-corrected chi connectivity index (χ2v) is 24.4. The van der Waals surface area contributed by atoms with E-state index in [-0.39, 0.29) is 49.5 Å². The molecule has 1 amide bonds. The molecule has 4 atom stereocenters. The molecular weight excluding hydrogens is 858 g/mol. The molecule has 6 rings (SSSR count). The number of imidazole rings is 1. The average molecular weight is 922 g/mol. The number of nitrogens with zero attached hydrogens (tertiary/aromatic N) is 6. The van der Waals surface area contributed by atoms with Crippen molar-refractivity contribution in [1.29, 1.82) is 5.26 Å². The minimum atomic E-state index is -1.67. The van der Waals surface area contributed by atoms with Crippen LogP contribution in [0.4, 0.5) is 5.95 Å². The monoisotopic (exact) mass is 921 g/mol. The van der Waals surface area contributed by atoms with E-state index in [0.29, 0.717) is 34.8 Å². The molecule has 346 valence electrons. The lowest BCUT2D eigenvalue weighted by Crippen LogP contribution is -2.39. The molecule has 16 heteroatoms. The van der Waals surface area contributed by atoms with Gasteiger partial charge in [0.05, 0.1) is 66.1 Å². The number of anilines is 1. The van der Waals surface area contributed by atoms with Crippen LogP contribution in [0, 0.1) is 17.2 Å². The highest BCUT2D eigenvalue weighted by molar-refractivity contribution is 7.44. The first-order valence-corrected chi connectivity index (χ1v) is 26.9. The summed E-state index contributed by atoms with van der Waals surface area (Å²) >= 11 is 0. The molecule has 65 heavy (non-hydrogen) atoms. The van der Waals surface area contributed by atoms with Gasteiger partial charge in [0.25, 0.3) is 8.53 Å². The number of nitriles is 1. The fourth-order valence-electron chi connectivity index (χ4n) is 7.73. The first-order chi connectivity index (χ1) is 31.1. The van der Waals surface area contributed by atoms with E-state index in [0.717, 1.165) is 16.7 Å². The fourth-order valence-corrected chi connectivity index (χ4v) is 10.1. The van der Waals surface area contributed by atoms with Gasteiger partial charge in [-0.25, -0.2) is 14.6 Å². The van der Waals surface area contributed by atoms with Crippen molar-refractivity contribution < 1.29 is 32.8 Å². The second kappa shape index (κ2) is 22.0. The number of carbonyl (C=O) groups is 1. The lowest BCUT2D eigenvalue weighted by molar-refractivity contribution is -0.118. The van der Waals surface area contributed by atoms with Crippen molar-refractivity contribution >= 4 is 45.7 Å². The van der Waals surface area contributed by atoms with E-state index in [4.69, 9.17) is 42.9 Å². The van der Waals surface area contributed by atoms with Gasteiger partial charge in [-0.1, -0.05) is 93.8 Å². The number of aromatic nitrogens is 4. The molecule has 1 fully saturated rings. The quantitative estimate of drug-likeness (QED) is 0.0322. The van der Waals surface area contributed by atoms with E-state index in [1.54, 1.807) is 20.5 Å². The standard InChI is InChI=1S/C49H64N7O7PSi/c1-33(2)47(57)54-48-52-41(26-29-65(9,10)11)45-46(53-48)55(32-51-45)44-30-42(63-64(61-28-15-27-50)56(34(3)4)35(5)6)43(62-44)31-60-49(36-16-13-12-14-17-36,37-18-22-39(58-7)23-19-37)38-20-24-40(59-8)25-21-38/h12-14,16-26,29,32-35,42-44H,15,28,30-31H2,1-11H3,(H,52,53,54,57)/b29-26+/t42-,43+,44+,64?/m0/s1. The van der Waals surface area contributed by atoms with E-state index in [2.05, 4.69) is 81.2 Å². The van der Waals surface area contributed by atoms with E-state index >= 15 is 0 Å². The number of nitrogens with one attached hydrogen (secondary N) is 1. The number of benzene rings is 3. The molecule has 0 spiro atoms. The van der Waals surface area contributed by atoms with Crippen molar-refractivity contribution in [3.05, 3.63) is 113 Å². The Bertz CT molecular complexity index is 2350. The van der Waals surface area contributed by atoms with Crippen molar-refractivity contribution in [2.45, 2.75) is 110 Å². The van der Waals surface area contributed by atoms with Crippen molar-refractivity contribution in [2.75, 3.05) is 32.8 Å². The Morgan fingerprint density at radius 2 is 1.54 bits per heavy atom. The summed E-state index contributed by atoms with van der Waals surface area (Å²) in [7, 11) is -0.0328. The van der Waals surface area contributed by atoms with E-state index in [9.17, 15) is 10.1 Å². The van der Waals surface area contributed by atoms with Crippen molar-refractivity contribution in [2.24, 2.45) is 5.92 Å². The smallest absolute Gasteiger partial charge is 0.259 e. The maximum atomic E-state index is 13.0. The molecule has 5 aromatic rings. The molecule has 2 aromatic heterocycles. The summed E-state index contributed by atoms with van der Waals surface area (Å²) in [5.41, 5.74) is 5.42. The Labute approximate surface area is 386 Å². The van der Waals surface area contributed by atoms with Crippen LogP contribution in [0.1, 0.15) is 83.0 Å². The molecule has 3 heterocycles. The zero-order chi connectivity index (χ0) is 46.9. The van der Waals surface area contributed by atoms with Gasteiger partial charge in [0, 0.05) is 24.4 Å². The molecule has 0 radical (unpaired) electrons. The zero-order valence-corrected chi connectivity index (χ0v) is 41.4. The summed E-state index contributed by atoms with van der Waals surface area (Å²) in [5, 5.41) is 12.4. The second-order valence-electron chi connectivity index (χ2n) is 18.0.